The van der Waals surface area contributed by atoms with E-state index in [1.807, 2.05) is 26.0 Å². The van der Waals surface area contributed by atoms with Crippen molar-refractivity contribution < 1.29 is 9.72 Å². The van der Waals surface area contributed by atoms with E-state index in [0.717, 1.165) is 28.5 Å². The van der Waals surface area contributed by atoms with Crippen molar-refractivity contribution in [2.45, 2.75) is 30.4 Å². The molecule has 29 heavy (non-hydrogen) atoms. The van der Waals surface area contributed by atoms with E-state index < -0.39 is 4.92 Å². The Bertz CT molecular complexity index is 1080. The van der Waals surface area contributed by atoms with Crippen LogP contribution in [0.2, 0.25) is 0 Å². The van der Waals surface area contributed by atoms with Gasteiger partial charge < -0.3 is 9.47 Å². The maximum absolute atomic E-state index is 12.9. The molecule has 0 aliphatic heterocycles. The molecule has 150 valence electrons. The van der Waals surface area contributed by atoms with Crippen LogP contribution in [0.1, 0.15) is 27.0 Å². The first-order valence-electron chi connectivity index (χ1n) is 8.88. The van der Waals surface area contributed by atoms with Crippen molar-refractivity contribution >= 4 is 23.4 Å². The van der Waals surface area contributed by atoms with Crippen LogP contribution in [0.25, 0.3) is 0 Å². The number of nitro benzene ring substituents is 1. The molecule has 1 amide bonds. The maximum Gasteiger partial charge on any atom is 0.284 e. The van der Waals surface area contributed by atoms with Crippen LogP contribution in [0.5, 0.6) is 0 Å². The Hall–Kier alpha value is -3.20. The second kappa shape index (κ2) is 8.44. The molecule has 2 aromatic carbocycles. The molecule has 0 bridgehead atoms. The first-order chi connectivity index (χ1) is 13.8. The number of nitrogens with zero attached hydrogens (tertiary/aromatic N) is 5. The van der Waals surface area contributed by atoms with Crippen LogP contribution in [-0.4, -0.2) is 37.5 Å². The molecular weight excluding hydrogens is 390 g/mol. The van der Waals surface area contributed by atoms with Gasteiger partial charge in [0.2, 0.25) is 0 Å². The lowest BCUT2D eigenvalue weighted by atomic mass is 10.1. The van der Waals surface area contributed by atoms with Crippen molar-refractivity contribution in [3.63, 3.8) is 0 Å². The zero-order valence-electron chi connectivity index (χ0n) is 16.6. The Balaban J connectivity index is 1.84. The lowest BCUT2D eigenvalue weighted by Gasteiger charge is -2.19. The van der Waals surface area contributed by atoms with E-state index in [-0.39, 0.29) is 17.2 Å². The highest BCUT2D eigenvalue weighted by molar-refractivity contribution is 7.99. The second-order valence-electron chi connectivity index (χ2n) is 6.86. The lowest BCUT2D eigenvalue weighted by Crippen LogP contribution is -2.26. The average Bonchev–Trinajstić information content (AvgIpc) is 3.08. The second-order valence-corrected chi connectivity index (χ2v) is 7.87. The van der Waals surface area contributed by atoms with E-state index in [1.165, 1.54) is 12.4 Å². The van der Waals surface area contributed by atoms with Crippen LogP contribution >= 0.6 is 11.8 Å². The highest BCUT2D eigenvalue weighted by Crippen LogP contribution is 2.34. The number of nitro groups is 1. The summed E-state index contributed by atoms with van der Waals surface area (Å²) in [6, 6.07) is 10.6. The van der Waals surface area contributed by atoms with Crippen molar-refractivity contribution in [1.82, 2.24) is 19.7 Å². The van der Waals surface area contributed by atoms with Gasteiger partial charge >= 0.3 is 0 Å². The minimum Gasteiger partial charge on any atom is -0.337 e. The summed E-state index contributed by atoms with van der Waals surface area (Å²) in [7, 11) is 3.45. The number of benzene rings is 2. The summed E-state index contributed by atoms with van der Waals surface area (Å²) < 4.78 is 1.67. The van der Waals surface area contributed by atoms with Gasteiger partial charge in [0.1, 0.15) is 6.33 Å². The summed E-state index contributed by atoms with van der Waals surface area (Å²) in [5, 5.41) is 19.8. The summed E-state index contributed by atoms with van der Waals surface area (Å²) in [6.45, 7) is 4.45. The summed E-state index contributed by atoms with van der Waals surface area (Å²) in [6.07, 6.45) is 1.52. The molecule has 8 nitrogen and oxygen atoms in total. The third-order valence-electron chi connectivity index (χ3n) is 4.53. The average molecular weight is 411 g/mol. The van der Waals surface area contributed by atoms with Gasteiger partial charge in [-0.25, -0.2) is 0 Å². The molecule has 0 saturated carbocycles. The predicted molar refractivity (Wildman–Crippen MR) is 110 cm³/mol. The highest BCUT2D eigenvalue weighted by Gasteiger charge is 2.21. The predicted octanol–water partition coefficient (Wildman–Crippen LogP) is 3.76. The zero-order valence-corrected chi connectivity index (χ0v) is 17.4. The number of carbonyl (C=O) groups excluding carboxylic acids is 1. The number of amides is 1. The van der Waals surface area contributed by atoms with Crippen molar-refractivity contribution in [3.05, 3.63) is 75.1 Å². The molecule has 0 aliphatic carbocycles. The number of aryl methyl sites for hydroxylation is 3. The van der Waals surface area contributed by atoms with Crippen LogP contribution in [0.15, 0.2) is 52.8 Å². The minimum absolute atomic E-state index is 0.135. The van der Waals surface area contributed by atoms with Crippen LogP contribution in [-0.2, 0) is 13.6 Å². The molecule has 0 spiro atoms. The van der Waals surface area contributed by atoms with E-state index in [2.05, 4.69) is 16.3 Å². The zero-order chi connectivity index (χ0) is 21.1. The van der Waals surface area contributed by atoms with Crippen LogP contribution in [0, 0.1) is 24.0 Å². The fraction of sp³-hybridized carbons (Fsp3) is 0.250. The van der Waals surface area contributed by atoms with Crippen molar-refractivity contribution in [2.75, 3.05) is 7.05 Å². The molecule has 0 atom stereocenters. The normalized spacial score (nSPS) is 10.8. The third kappa shape index (κ3) is 4.62. The molecule has 0 saturated heterocycles. The van der Waals surface area contributed by atoms with Gasteiger partial charge in [-0.2, -0.15) is 0 Å². The number of rotatable bonds is 6. The van der Waals surface area contributed by atoms with Gasteiger partial charge in [0.25, 0.3) is 11.6 Å². The third-order valence-corrected chi connectivity index (χ3v) is 5.64. The minimum atomic E-state index is -0.487. The fourth-order valence-electron chi connectivity index (χ4n) is 2.91. The van der Waals surface area contributed by atoms with Crippen LogP contribution in [0.3, 0.4) is 0 Å². The van der Waals surface area contributed by atoms with Gasteiger partial charge in [0.15, 0.2) is 5.16 Å². The molecule has 0 unspecified atom stereocenters. The fourth-order valence-corrected chi connectivity index (χ4v) is 3.76. The molecule has 0 radical (unpaired) electrons. The highest BCUT2D eigenvalue weighted by atomic mass is 32.2. The number of carbonyl (C=O) groups is 1. The molecule has 0 fully saturated rings. The number of hydrogen-bond donors (Lipinski definition) is 0. The molecule has 1 heterocycles. The molecule has 3 rings (SSSR count). The van der Waals surface area contributed by atoms with Gasteiger partial charge in [-0.1, -0.05) is 23.8 Å². The largest absolute Gasteiger partial charge is 0.337 e. The molecule has 0 N–H and O–H groups in total. The molecule has 9 heteroatoms. The molecule has 0 aliphatic rings. The summed E-state index contributed by atoms with van der Waals surface area (Å²) in [4.78, 5) is 25.9. The Morgan fingerprint density at radius 2 is 2.00 bits per heavy atom. The summed E-state index contributed by atoms with van der Waals surface area (Å²) >= 11 is 1.13. The standard InChI is InChI=1S/C20H21N5O3S/c1-13-5-6-16(14(2)9-13)11-23(3)19(26)15-7-8-18(17(10-15)25(27)28)29-20-22-21-12-24(20)4/h5-10,12H,11H2,1-4H3. The number of hydrogen-bond acceptors (Lipinski definition) is 6. The Kier molecular flexibility index (Phi) is 5.97. The Morgan fingerprint density at radius 1 is 1.24 bits per heavy atom. The van der Waals surface area contributed by atoms with E-state index in [9.17, 15) is 14.9 Å². The van der Waals surface area contributed by atoms with E-state index in [4.69, 9.17) is 0 Å². The van der Waals surface area contributed by atoms with Crippen molar-refractivity contribution in [2.24, 2.45) is 7.05 Å². The summed E-state index contributed by atoms with van der Waals surface area (Å²) in [5.41, 5.74) is 3.43. The van der Waals surface area contributed by atoms with E-state index in [0.29, 0.717) is 16.6 Å². The Labute approximate surface area is 172 Å². The summed E-state index contributed by atoms with van der Waals surface area (Å²) in [5.74, 6) is -0.275. The number of aromatic nitrogens is 3. The maximum atomic E-state index is 12.9. The monoisotopic (exact) mass is 411 g/mol. The topological polar surface area (TPSA) is 94.2 Å². The van der Waals surface area contributed by atoms with Gasteiger partial charge in [-0.15, -0.1) is 10.2 Å². The quantitative estimate of drug-likeness (QED) is 0.453. The lowest BCUT2D eigenvalue weighted by molar-refractivity contribution is -0.387. The SMILES string of the molecule is Cc1ccc(CN(C)C(=O)c2ccc(Sc3nncn3C)c([N+](=O)[O-])c2)c(C)c1. The van der Waals surface area contributed by atoms with Gasteiger partial charge in [-0.3, -0.25) is 14.9 Å². The van der Waals surface area contributed by atoms with E-state index >= 15 is 0 Å². The van der Waals surface area contributed by atoms with Crippen molar-refractivity contribution in [1.29, 1.82) is 0 Å². The molecule has 1 aromatic heterocycles. The van der Waals surface area contributed by atoms with Gasteiger partial charge in [0.05, 0.1) is 9.82 Å². The van der Waals surface area contributed by atoms with Gasteiger partial charge in [-0.05, 0) is 48.9 Å². The molecular formula is C20H21N5O3S. The van der Waals surface area contributed by atoms with E-state index in [1.54, 1.807) is 35.7 Å². The first-order valence-corrected chi connectivity index (χ1v) is 9.70. The van der Waals surface area contributed by atoms with Gasteiger partial charge in [0, 0.05) is 32.3 Å². The first kappa shape index (κ1) is 20.5. The molecule has 3 aromatic rings. The smallest absolute Gasteiger partial charge is 0.284 e. The van der Waals surface area contributed by atoms with Crippen molar-refractivity contribution in [3.8, 4) is 0 Å². The van der Waals surface area contributed by atoms with Crippen LogP contribution < -0.4 is 0 Å². The Morgan fingerprint density at radius 3 is 2.62 bits per heavy atom. The van der Waals surface area contributed by atoms with Crippen LogP contribution in [0.4, 0.5) is 5.69 Å².